The largest absolute Gasteiger partial charge is 0.481 e. The summed E-state index contributed by atoms with van der Waals surface area (Å²) in [6.07, 6.45) is 4.72. The summed E-state index contributed by atoms with van der Waals surface area (Å²) in [6.45, 7) is 4.34. The quantitative estimate of drug-likeness (QED) is 0.755. The van der Waals surface area contributed by atoms with Crippen LogP contribution < -0.4 is 5.32 Å². The van der Waals surface area contributed by atoms with E-state index in [4.69, 9.17) is 0 Å². The van der Waals surface area contributed by atoms with Crippen molar-refractivity contribution < 1.29 is 14.7 Å². The topological polar surface area (TPSA) is 66.4 Å². The normalized spacial score (nSPS) is 20.0. The number of rotatable bonds is 7. The lowest BCUT2D eigenvalue weighted by Crippen LogP contribution is -2.39. The van der Waals surface area contributed by atoms with Crippen LogP contribution in [0.15, 0.2) is 0 Å². The number of carbonyl (C=O) groups is 2. The Hall–Kier alpha value is -0.710. The van der Waals surface area contributed by atoms with Gasteiger partial charge in [-0.3, -0.25) is 9.59 Å². The highest BCUT2D eigenvalue weighted by Gasteiger charge is 2.37. The zero-order valence-corrected chi connectivity index (χ0v) is 12.7. The Kier molecular flexibility index (Phi) is 6.69. The molecule has 0 radical (unpaired) electrons. The third-order valence-electron chi connectivity index (χ3n) is 4.11. The monoisotopic (exact) mass is 287 g/mol. The number of carboxylic acid groups (broad SMARTS) is 1. The van der Waals surface area contributed by atoms with Crippen molar-refractivity contribution in [2.75, 3.05) is 12.3 Å². The van der Waals surface area contributed by atoms with Crippen molar-refractivity contribution in [2.24, 2.45) is 5.41 Å². The maximum atomic E-state index is 11.9. The zero-order chi connectivity index (χ0) is 14.3. The molecule has 1 aliphatic heterocycles. The Labute approximate surface area is 119 Å². The van der Waals surface area contributed by atoms with E-state index in [9.17, 15) is 14.7 Å². The van der Waals surface area contributed by atoms with Gasteiger partial charge in [0.2, 0.25) is 5.91 Å². The van der Waals surface area contributed by atoms with Crippen LogP contribution in [0.3, 0.4) is 0 Å². The lowest BCUT2D eigenvalue weighted by molar-refractivity contribution is -0.152. The first-order valence-corrected chi connectivity index (χ1v) is 8.20. The molecule has 1 aliphatic rings. The average molecular weight is 287 g/mol. The van der Waals surface area contributed by atoms with Gasteiger partial charge in [-0.15, -0.1) is 0 Å². The van der Waals surface area contributed by atoms with E-state index in [0.29, 0.717) is 24.6 Å². The van der Waals surface area contributed by atoms with E-state index in [0.717, 1.165) is 6.42 Å². The maximum Gasteiger partial charge on any atom is 0.310 e. The first-order chi connectivity index (χ1) is 9.04. The van der Waals surface area contributed by atoms with Crippen molar-refractivity contribution in [3.05, 3.63) is 0 Å². The van der Waals surface area contributed by atoms with Crippen LogP contribution >= 0.6 is 11.8 Å². The second-order valence-corrected chi connectivity index (χ2v) is 6.67. The van der Waals surface area contributed by atoms with Gasteiger partial charge in [-0.1, -0.05) is 20.3 Å². The molecule has 0 spiro atoms. The zero-order valence-electron chi connectivity index (χ0n) is 11.9. The fourth-order valence-corrected chi connectivity index (χ4v) is 3.68. The van der Waals surface area contributed by atoms with Crippen molar-refractivity contribution in [1.82, 2.24) is 5.32 Å². The van der Waals surface area contributed by atoms with Gasteiger partial charge in [0.05, 0.1) is 5.41 Å². The average Bonchev–Trinajstić information content (AvgIpc) is 2.43. The van der Waals surface area contributed by atoms with E-state index in [1.54, 1.807) is 0 Å². The number of aliphatic carboxylic acids is 1. The van der Waals surface area contributed by atoms with E-state index in [1.165, 1.54) is 18.6 Å². The van der Waals surface area contributed by atoms with Crippen LogP contribution in [-0.2, 0) is 9.59 Å². The molecule has 0 saturated carbocycles. The van der Waals surface area contributed by atoms with Crippen LogP contribution in [0.4, 0.5) is 0 Å². The number of thioether (sulfide) groups is 1. The Morgan fingerprint density at radius 1 is 1.32 bits per heavy atom. The molecular formula is C14H25NO3S. The molecule has 0 aliphatic carbocycles. The molecule has 1 fully saturated rings. The van der Waals surface area contributed by atoms with Gasteiger partial charge in [0, 0.05) is 18.2 Å². The third-order valence-corrected chi connectivity index (χ3v) is 5.51. The number of hydrogen-bond donors (Lipinski definition) is 2. The first-order valence-electron chi connectivity index (χ1n) is 7.15. The van der Waals surface area contributed by atoms with E-state index in [2.05, 4.69) is 5.32 Å². The Morgan fingerprint density at radius 2 is 2.00 bits per heavy atom. The van der Waals surface area contributed by atoms with Gasteiger partial charge >= 0.3 is 5.97 Å². The van der Waals surface area contributed by atoms with Crippen LogP contribution in [0, 0.1) is 5.41 Å². The highest BCUT2D eigenvalue weighted by atomic mass is 32.2. The van der Waals surface area contributed by atoms with Crippen LogP contribution in [0.25, 0.3) is 0 Å². The van der Waals surface area contributed by atoms with Crippen molar-refractivity contribution in [1.29, 1.82) is 0 Å². The van der Waals surface area contributed by atoms with Crippen molar-refractivity contribution in [3.8, 4) is 0 Å². The number of carboxylic acids is 1. The standard InChI is InChI=1S/C14H25NO3S/c1-3-14(4-2,13(17)18)9-12(16)15-10-11-7-5-6-8-19-11/h11H,3-10H2,1-2H3,(H,15,16)(H,17,18). The lowest BCUT2D eigenvalue weighted by atomic mass is 9.79. The Morgan fingerprint density at radius 3 is 2.47 bits per heavy atom. The van der Waals surface area contributed by atoms with Crippen molar-refractivity contribution in [3.63, 3.8) is 0 Å². The molecule has 110 valence electrons. The fourth-order valence-electron chi connectivity index (χ4n) is 2.44. The summed E-state index contributed by atoms with van der Waals surface area (Å²) in [4.78, 5) is 23.3. The smallest absolute Gasteiger partial charge is 0.310 e. The van der Waals surface area contributed by atoms with Crippen LogP contribution in [-0.4, -0.2) is 34.5 Å². The van der Waals surface area contributed by atoms with Crippen LogP contribution in [0.1, 0.15) is 52.4 Å². The summed E-state index contributed by atoms with van der Waals surface area (Å²) >= 11 is 1.91. The Balaban J connectivity index is 2.42. The fraction of sp³-hybridized carbons (Fsp3) is 0.857. The molecule has 1 amide bonds. The van der Waals surface area contributed by atoms with E-state index < -0.39 is 11.4 Å². The van der Waals surface area contributed by atoms with Gasteiger partial charge in [-0.2, -0.15) is 11.8 Å². The van der Waals surface area contributed by atoms with Crippen molar-refractivity contribution >= 4 is 23.6 Å². The van der Waals surface area contributed by atoms with Gasteiger partial charge < -0.3 is 10.4 Å². The number of amides is 1. The second kappa shape index (κ2) is 7.78. The molecule has 5 heteroatoms. The summed E-state index contributed by atoms with van der Waals surface area (Å²) in [5, 5.41) is 12.7. The minimum absolute atomic E-state index is 0.0900. The summed E-state index contributed by atoms with van der Waals surface area (Å²) in [5.41, 5.74) is -0.899. The molecule has 19 heavy (non-hydrogen) atoms. The number of nitrogens with one attached hydrogen (secondary N) is 1. The predicted molar refractivity (Wildman–Crippen MR) is 78.4 cm³/mol. The van der Waals surface area contributed by atoms with Crippen LogP contribution in [0.2, 0.25) is 0 Å². The Bertz CT molecular complexity index is 310. The highest BCUT2D eigenvalue weighted by molar-refractivity contribution is 7.99. The molecule has 1 atom stereocenters. The van der Waals surface area contributed by atoms with Crippen molar-refractivity contribution in [2.45, 2.75) is 57.6 Å². The molecule has 1 saturated heterocycles. The molecule has 1 heterocycles. The molecule has 0 aromatic carbocycles. The minimum atomic E-state index is -0.899. The SMILES string of the molecule is CCC(CC)(CC(=O)NCC1CCCCS1)C(=O)O. The maximum absolute atomic E-state index is 11.9. The van der Waals surface area contributed by atoms with E-state index in [1.807, 2.05) is 25.6 Å². The minimum Gasteiger partial charge on any atom is -0.481 e. The van der Waals surface area contributed by atoms with Gasteiger partial charge in [-0.25, -0.2) is 0 Å². The molecule has 0 bridgehead atoms. The van der Waals surface area contributed by atoms with Gasteiger partial charge in [0.1, 0.15) is 0 Å². The molecule has 0 aromatic heterocycles. The van der Waals surface area contributed by atoms with Crippen LogP contribution in [0.5, 0.6) is 0 Å². The second-order valence-electron chi connectivity index (χ2n) is 5.26. The van der Waals surface area contributed by atoms with E-state index in [-0.39, 0.29) is 12.3 Å². The summed E-state index contributed by atoms with van der Waals surface area (Å²) in [5.74, 6) is 0.181. The highest BCUT2D eigenvalue weighted by Crippen LogP contribution is 2.31. The predicted octanol–water partition coefficient (Wildman–Crippen LogP) is 2.67. The van der Waals surface area contributed by atoms with Gasteiger partial charge in [-0.05, 0) is 31.4 Å². The van der Waals surface area contributed by atoms with Gasteiger partial charge in [0.25, 0.3) is 0 Å². The molecule has 2 N–H and O–H groups in total. The molecular weight excluding hydrogens is 262 g/mol. The number of hydrogen-bond acceptors (Lipinski definition) is 3. The summed E-state index contributed by atoms with van der Waals surface area (Å²) < 4.78 is 0. The van der Waals surface area contributed by atoms with Gasteiger partial charge in [0.15, 0.2) is 0 Å². The molecule has 1 rings (SSSR count). The molecule has 0 aromatic rings. The summed E-state index contributed by atoms with van der Waals surface area (Å²) in [6, 6.07) is 0. The molecule has 1 unspecified atom stereocenters. The third kappa shape index (κ3) is 4.71. The number of carbonyl (C=O) groups excluding carboxylic acids is 1. The first kappa shape index (κ1) is 16.3. The molecule has 4 nitrogen and oxygen atoms in total. The van der Waals surface area contributed by atoms with E-state index >= 15 is 0 Å². The summed E-state index contributed by atoms with van der Waals surface area (Å²) in [7, 11) is 0. The lowest BCUT2D eigenvalue weighted by Gasteiger charge is -2.27.